The van der Waals surface area contributed by atoms with Crippen molar-refractivity contribution in [2.45, 2.75) is 89.4 Å². The van der Waals surface area contributed by atoms with Crippen LogP contribution in [0, 0.1) is 28.6 Å². The first-order valence-electron chi connectivity index (χ1n) is 11.6. The first-order valence-corrected chi connectivity index (χ1v) is 11.6. The number of ether oxygens (including phenoxy) is 3. The summed E-state index contributed by atoms with van der Waals surface area (Å²) in [6.07, 6.45) is 13.3. The molecule has 0 aromatic rings. The summed E-state index contributed by atoms with van der Waals surface area (Å²) in [5.74, 6) is 1.91. The molecule has 2 spiro atoms. The number of carbonyl (C=O) groups is 1. The molecule has 0 radical (unpaired) electrons. The Kier molecular flexibility index (Phi) is 3.61. The van der Waals surface area contributed by atoms with Gasteiger partial charge in [-0.15, -0.1) is 0 Å². The molecule has 2 saturated heterocycles. The van der Waals surface area contributed by atoms with Crippen molar-refractivity contribution in [3.05, 3.63) is 11.6 Å². The Hall–Kier alpha value is -0.870. The van der Waals surface area contributed by atoms with Crippen molar-refractivity contribution in [3.63, 3.8) is 0 Å². The first kappa shape index (κ1) is 17.9. The topological polar surface area (TPSA) is 44.8 Å². The fourth-order valence-corrected chi connectivity index (χ4v) is 8.64. The summed E-state index contributed by atoms with van der Waals surface area (Å²) in [4.78, 5) is 12.0. The van der Waals surface area contributed by atoms with Crippen molar-refractivity contribution < 1.29 is 19.0 Å². The zero-order valence-corrected chi connectivity index (χ0v) is 17.4. The van der Waals surface area contributed by atoms with Gasteiger partial charge in [-0.1, -0.05) is 25.5 Å². The van der Waals surface area contributed by atoms with Gasteiger partial charge >= 0.3 is 5.97 Å². The van der Waals surface area contributed by atoms with Crippen molar-refractivity contribution >= 4 is 5.97 Å². The molecule has 5 fully saturated rings. The highest BCUT2D eigenvalue weighted by molar-refractivity contribution is 5.72. The fourth-order valence-electron chi connectivity index (χ4n) is 8.64. The van der Waals surface area contributed by atoms with E-state index in [4.69, 9.17) is 14.2 Å². The molecule has 6 aliphatic rings. The number of fused-ring (bicyclic) bond motifs is 6. The van der Waals surface area contributed by atoms with Crippen molar-refractivity contribution in [2.75, 3.05) is 13.2 Å². The van der Waals surface area contributed by atoms with E-state index in [2.05, 4.69) is 19.9 Å². The Morgan fingerprint density at radius 2 is 1.75 bits per heavy atom. The number of carbonyl (C=O) groups excluding carboxylic acids is 1. The van der Waals surface area contributed by atoms with Crippen LogP contribution in [0.2, 0.25) is 0 Å². The summed E-state index contributed by atoms with van der Waals surface area (Å²) in [7, 11) is 0. The van der Waals surface area contributed by atoms with E-state index in [1.165, 1.54) is 32.1 Å². The van der Waals surface area contributed by atoms with E-state index in [9.17, 15) is 4.79 Å². The Morgan fingerprint density at radius 1 is 0.964 bits per heavy atom. The molecule has 4 aliphatic carbocycles. The fraction of sp³-hybridized carbons (Fsp3) is 0.875. The molecule has 4 nitrogen and oxygen atoms in total. The zero-order valence-electron chi connectivity index (χ0n) is 17.4. The second-order valence-corrected chi connectivity index (χ2v) is 11.0. The van der Waals surface area contributed by atoms with Gasteiger partial charge in [0.1, 0.15) is 5.60 Å². The van der Waals surface area contributed by atoms with Gasteiger partial charge in [-0.3, -0.25) is 4.79 Å². The van der Waals surface area contributed by atoms with E-state index in [1.807, 2.05) is 0 Å². The summed E-state index contributed by atoms with van der Waals surface area (Å²) in [6, 6.07) is 0. The molecule has 3 saturated carbocycles. The van der Waals surface area contributed by atoms with Crippen LogP contribution in [0.15, 0.2) is 11.6 Å². The third-order valence-corrected chi connectivity index (χ3v) is 10.3. The van der Waals surface area contributed by atoms with Crippen LogP contribution in [0.3, 0.4) is 0 Å². The molecule has 154 valence electrons. The number of hydrogen-bond donors (Lipinski definition) is 0. The minimum absolute atomic E-state index is 0.0379. The highest BCUT2D eigenvalue weighted by Crippen LogP contribution is 2.69. The Bertz CT molecular complexity index is 737. The van der Waals surface area contributed by atoms with Gasteiger partial charge in [0.25, 0.3) is 0 Å². The third kappa shape index (κ3) is 2.12. The van der Waals surface area contributed by atoms with Crippen LogP contribution in [-0.2, 0) is 19.0 Å². The average Bonchev–Trinajstić information content (AvgIpc) is 3.36. The third-order valence-electron chi connectivity index (χ3n) is 10.3. The largest absolute Gasteiger partial charge is 0.458 e. The van der Waals surface area contributed by atoms with Gasteiger partial charge in [-0.2, -0.15) is 0 Å². The molecule has 0 N–H and O–H groups in total. The molecule has 0 aromatic carbocycles. The minimum Gasteiger partial charge on any atom is -0.458 e. The maximum absolute atomic E-state index is 12.0. The van der Waals surface area contributed by atoms with E-state index in [0.717, 1.165) is 50.7 Å². The molecule has 0 amide bonds. The molecule has 0 unspecified atom stereocenters. The van der Waals surface area contributed by atoms with Crippen LogP contribution < -0.4 is 0 Å². The van der Waals surface area contributed by atoms with Crippen molar-refractivity contribution in [1.29, 1.82) is 0 Å². The summed E-state index contributed by atoms with van der Waals surface area (Å²) >= 11 is 0. The van der Waals surface area contributed by atoms with E-state index >= 15 is 0 Å². The van der Waals surface area contributed by atoms with E-state index in [-0.39, 0.29) is 22.8 Å². The highest BCUT2D eigenvalue weighted by atomic mass is 16.7. The lowest BCUT2D eigenvalue weighted by Gasteiger charge is -2.59. The number of esters is 1. The predicted molar refractivity (Wildman–Crippen MR) is 104 cm³/mol. The lowest BCUT2D eigenvalue weighted by Crippen LogP contribution is -2.55. The molecular formula is C24H34O4. The highest BCUT2D eigenvalue weighted by Gasteiger charge is 2.67. The van der Waals surface area contributed by atoms with Crippen LogP contribution >= 0.6 is 0 Å². The standard InChI is InChI=1S/C24H34O4/c1-21-11-12-24(26-13-14-27-24)15-16(21)3-4-17-18(21)5-8-22(2)19(17)6-9-23(22)10-7-20(25)28-23/h3,17-19H,4-15H2,1-2H3/t17-,18+,19+,21-,22-,23+/m0/s1. The summed E-state index contributed by atoms with van der Waals surface area (Å²) in [5, 5.41) is 0. The van der Waals surface area contributed by atoms with Gasteiger partial charge in [0.2, 0.25) is 0 Å². The summed E-state index contributed by atoms with van der Waals surface area (Å²) in [5.41, 5.74) is 1.92. The first-order chi connectivity index (χ1) is 13.4. The van der Waals surface area contributed by atoms with Crippen molar-refractivity contribution in [2.24, 2.45) is 28.6 Å². The number of hydrogen-bond acceptors (Lipinski definition) is 4. The minimum atomic E-state index is -0.323. The summed E-state index contributed by atoms with van der Waals surface area (Å²) in [6.45, 7) is 6.48. The molecule has 0 bridgehead atoms. The van der Waals surface area contributed by atoms with Crippen LogP contribution in [-0.4, -0.2) is 30.6 Å². The zero-order chi connectivity index (χ0) is 19.2. The van der Waals surface area contributed by atoms with Gasteiger partial charge in [0, 0.05) is 24.7 Å². The van der Waals surface area contributed by atoms with Crippen LogP contribution in [0.4, 0.5) is 0 Å². The Morgan fingerprint density at radius 3 is 2.50 bits per heavy atom. The predicted octanol–water partition coefficient (Wildman–Crippen LogP) is 4.77. The molecule has 2 heterocycles. The van der Waals surface area contributed by atoms with Gasteiger partial charge in [0.15, 0.2) is 5.79 Å². The number of rotatable bonds is 0. The molecule has 4 heteroatoms. The molecule has 6 rings (SSSR count). The number of allylic oxidation sites excluding steroid dienone is 1. The molecule has 2 aliphatic heterocycles. The van der Waals surface area contributed by atoms with Crippen molar-refractivity contribution in [3.8, 4) is 0 Å². The molecule has 28 heavy (non-hydrogen) atoms. The summed E-state index contributed by atoms with van der Waals surface area (Å²) < 4.78 is 18.2. The average molecular weight is 387 g/mol. The molecular weight excluding hydrogens is 352 g/mol. The van der Waals surface area contributed by atoms with E-state index in [0.29, 0.717) is 17.8 Å². The van der Waals surface area contributed by atoms with Gasteiger partial charge in [0.05, 0.1) is 13.2 Å². The Balaban J connectivity index is 1.31. The van der Waals surface area contributed by atoms with Crippen LogP contribution in [0.1, 0.15) is 78.1 Å². The second kappa shape index (κ2) is 5.63. The van der Waals surface area contributed by atoms with E-state index < -0.39 is 0 Å². The lowest BCUT2D eigenvalue weighted by atomic mass is 9.46. The second-order valence-electron chi connectivity index (χ2n) is 11.0. The SMILES string of the molecule is C[C@]12CCC3(CC1=CC[C@H]1[C@H]2CC[C@@]2(C)[C@@H]1CC[C@@]21CCC(=O)O1)OCCO3. The quantitative estimate of drug-likeness (QED) is 0.444. The van der Waals surface area contributed by atoms with Crippen molar-refractivity contribution in [1.82, 2.24) is 0 Å². The molecule has 0 aromatic heterocycles. The lowest BCUT2D eigenvalue weighted by molar-refractivity contribution is -0.189. The Labute approximate surface area is 168 Å². The van der Waals surface area contributed by atoms with Gasteiger partial charge in [-0.05, 0) is 68.1 Å². The maximum atomic E-state index is 12.0. The normalized spacial score (nSPS) is 51.6. The van der Waals surface area contributed by atoms with Crippen LogP contribution in [0.5, 0.6) is 0 Å². The van der Waals surface area contributed by atoms with Gasteiger partial charge in [-0.25, -0.2) is 0 Å². The molecule has 6 atom stereocenters. The maximum Gasteiger partial charge on any atom is 0.306 e. The van der Waals surface area contributed by atoms with Crippen LogP contribution in [0.25, 0.3) is 0 Å². The van der Waals surface area contributed by atoms with Gasteiger partial charge < -0.3 is 14.2 Å². The smallest absolute Gasteiger partial charge is 0.306 e. The monoisotopic (exact) mass is 386 g/mol. The van der Waals surface area contributed by atoms with E-state index in [1.54, 1.807) is 5.57 Å².